The number of unbranched alkanes of at least 4 members (excludes halogenated alkanes) is 1. The summed E-state index contributed by atoms with van der Waals surface area (Å²) in [5.74, 6) is 1.43. The predicted molar refractivity (Wildman–Crippen MR) is 412 cm³/mol. The number of carbonyl (C=O) groups is 5. The largest absolute Gasteiger partial charge is 0.491 e. The number of ether oxygens (including phenoxy) is 3. The van der Waals surface area contributed by atoms with Gasteiger partial charge in [0, 0.05) is 53.9 Å². The van der Waals surface area contributed by atoms with E-state index in [1.54, 1.807) is 24.3 Å². The molecule has 1 amide bonds. The lowest BCUT2D eigenvalue weighted by atomic mass is 9.77. The van der Waals surface area contributed by atoms with Gasteiger partial charge < -0.3 is 40.5 Å². The summed E-state index contributed by atoms with van der Waals surface area (Å²) in [5.41, 5.74) is 20.7. The molecule has 2 atom stereocenters. The summed E-state index contributed by atoms with van der Waals surface area (Å²) in [4.78, 5) is 65.9. The quantitative estimate of drug-likeness (QED) is 0.0202. The Morgan fingerprint density at radius 3 is 1.90 bits per heavy atom. The van der Waals surface area contributed by atoms with Gasteiger partial charge in [-0.1, -0.05) is 159 Å². The van der Waals surface area contributed by atoms with E-state index in [1.807, 2.05) is 156 Å². The van der Waals surface area contributed by atoms with Gasteiger partial charge in [0.25, 0.3) is 5.82 Å². The fraction of sp³-hybridized carbons (Fsp3) is 0.307. The van der Waals surface area contributed by atoms with Crippen LogP contribution in [-0.4, -0.2) is 80.9 Å². The lowest BCUT2D eigenvalue weighted by Gasteiger charge is -2.27. The summed E-state index contributed by atoms with van der Waals surface area (Å²) in [5, 5.41) is 22.4. The van der Waals surface area contributed by atoms with E-state index in [9.17, 15) is 37.9 Å². The third-order valence-electron chi connectivity index (χ3n) is 19.3. The molecule has 550 valence electrons. The maximum atomic E-state index is 13.0. The molecule has 2 aromatic heterocycles. The van der Waals surface area contributed by atoms with Crippen LogP contribution in [0.4, 0.5) is 14.5 Å². The van der Waals surface area contributed by atoms with Crippen molar-refractivity contribution in [2.45, 2.75) is 141 Å². The molecular weight excluding hydrogens is 1340 g/mol. The standard InChI is InChI=1S/C27H33FO2.C22H22N4O2.C22H19NO4.C17H20FNO2/c28-25-17-11-23(12-18-25)14-20-26(29)19-13-22-9-15-24(16-10-22)27(30)8-4-7-21-5-2-1-3-6-21;23-16(14-28-20-11-5-7-15-6-1-2-8-17(15)20)13-26-19-10-4-3-9-18(19)25-22(26)12-21(24)27;24-21(25)14-18-17-9-3-4-10-19(17)23-22(18)27-13-12-26-20-11-5-7-15-6-1-2-8-16(15)20;1-2-3-12-19-15(9-11-17(20)21)8-10-16(19)13-4-6-14(18)7-5-13/h1-3,5-6,11-12,17-18,22,24H,4,7-10,13-16,19-20H2;1-11,16H,12-14,23H2,(H2,24,27);1-11,18H,12-14H2,(H,24,25);4-8,10H,2-3,9,11-12H2,1H3,(H,20,21)/p+1/t;16-;;/m.0../s1. The number of para-hydroxylation sites is 3. The van der Waals surface area contributed by atoms with Gasteiger partial charge >= 0.3 is 11.9 Å². The molecule has 18 heteroatoms. The maximum absolute atomic E-state index is 13.0. The summed E-state index contributed by atoms with van der Waals surface area (Å²) in [6, 6.07) is 70.3. The van der Waals surface area contributed by atoms with E-state index in [0.717, 1.165) is 148 Å². The first-order chi connectivity index (χ1) is 51.5. The second-order valence-corrected chi connectivity index (χ2v) is 27.1. The average Bonchev–Trinajstić information content (AvgIpc) is 1.66. The minimum atomic E-state index is -0.875. The zero-order valence-corrected chi connectivity index (χ0v) is 60.1. The summed E-state index contributed by atoms with van der Waals surface area (Å²) < 4.78 is 47.8. The van der Waals surface area contributed by atoms with Crippen molar-refractivity contribution in [3.05, 3.63) is 264 Å². The maximum Gasteiger partial charge on any atom is 0.304 e. The Morgan fingerprint density at radius 1 is 0.604 bits per heavy atom. The molecule has 1 unspecified atom stereocenters. The summed E-state index contributed by atoms with van der Waals surface area (Å²) in [6.45, 7) is 4.49. The fourth-order valence-corrected chi connectivity index (χ4v) is 13.8. The molecule has 1 aliphatic heterocycles. The van der Waals surface area contributed by atoms with E-state index >= 15 is 0 Å². The molecule has 13 rings (SSSR count). The molecule has 1 aliphatic carbocycles. The van der Waals surface area contributed by atoms with Crippen molar-refractivity contribution in [1.82, 2.24) is 9.55 Å². The van der Waals surface area contributed by atoms with Crippen LogP contribution in [0.25, 0.3) is 43.8 Å². The van der Waals surface area contributed by atoms with Crippen molar-refractivity contribution >= 4 is 73.6 Å². The van der Waals surface area contributed by atoms with Crippen molar-refractivity contribution in [3.63, 3.8) is 0 Å². The van der Waals surface area contributed by atoms with Gasteiger partial charge in [-0.15, -0.1) is 0 Å². The molecule has 1 fully saturated rings. The van der Waals surface area contributed by atoms with Crippen LogP contribution in [-0.2, 0) is 67.5 Å². The number of aromatic nitrogens is 3. The molecule has 1 saturated carbocycles. The van der Waals surface area contributed by atoms with E-state index < -0.39 is 11.9 Å². The van der Waals surface area contributed by atoms with Gasteiger partial charge in [0.2, 0.25) is 5.91 Å². The minimum absolute atomic E-state index is 0.0416. The van der Waals surface area contributed by atoms with Gasteiger partial charge in [-0.2, -0.15) is 0 Å². The first-order valence-electron chi connectivity index (χ1n) is 36.8. The molecule has 11 aromatic rings. The molecule has 7 N–H and O–H groups in total. The van der Waals surface area contributed by atoms with Gasteiger partial charge in [0.1, 0.15) is 67.5 Å². The number of aliphatic imine (C=N–C) groups is 1. The number of imidazole rings is 1. The zero-order valence-electron chi connectivity index (χ0n) is 60.1. The van der Waals surface area contributed by atoms with E-state index in [2.05, 4.69) is 45.7 Å². The number of carbonyl (C=O) groups excluding carboxylic acids is 3. The Hall–Kier alpha value is -11.1. The third kappa shape index (κ3) is 22.9. The molecule has 0 radical (unpaired) electrons. The number of benzene rings is 9. The summed E-state index contributed by atoms with van der Waals surface area (Å²) >= 11 is 0. The highest BCUT2D eigenvalue weighted by Crippen LogP contribution is 2.38. The van der Waals surface area contributed by atoms with Crippen LogP contribution in [0.5, 0.6) is 11.5 Å². The van der Waals surface area contributed by atoms with Crippen LogP contribution in [0, 0.1) is 23.5 Å². The van der Waals surface area contributed by atoms with Gasteiger partial charge in [-0.25, -0.2) is 23.3 Å². The second-order valence-electron chi connectivity index (χ2n) is 27.1. The number of carboxylic acid groups (broad SMARTS) is 2. The lowest BCUT2D eigenvalue weighted by molar-refractivity contribution is -0.680. The van der Waals surface area contributed by atoms with Crippen LogP contribution in [0.3, 0.4) is 0 Å². The number of nitrogens with zero attached hydrogens (tertiary/aromatic N) is 3. The number of primary amides is 1. The van der Waals surface area contributed by atoms with E-state index in [4.69, 9.17) is 30.8 Å². The van der Waals surface area contributed by atoms with Crippen LogP contribution < -0.4 is 25.5 Å². The number of nitrogens with one attached hydrogen (secondary N) is 1. The van der Waals surface area contributed by atoms with Gasteiger partial charge in [0.05, 0.1) is 30.5 Å². The normalized spacial score (nSPS) is 14.6. The molecule has 9 aromatic carbocycles. The lowest BCUT2D eigenvalue weighted by Crippen LogP contribution is -2.48. The monoisotopic (exact) mass is 1430 g/mol. The topological polar surface area (TPSA) is 242 Å². The van der Waals surface area contributed by atoms with Crippen molar-refractivity contribution < 1.29 is 61.7 Å². The molecular formula is C88H95F2N6O10+. The highest BCUT2D eigenvalue weighted by atomic mass is 19.1. The van der Waals surface area contributed by atoms with E-state index in [1.165, 1.54) is 29.8 Å². The number of halogens is 2. The van der Waals surface area contributed by atoms with Crippen LogP contribution in [0.15, 0.2) is 229 Å². The number of hydrogen-bond acceptors (Lipinski definition) is 10. The molecule has 3 heterocycles. The van der Waals surface area contributed by atoms with Gasteiger partial charge in [0.15, 0.2) is 16.9 Å². The molecule has 2 aliphatic rings. The van der Waals surface area contributed by atoms with Gasteiger partial charge in [-0.3, -0.25) is 24.0 Å². The number of Topliss-reactive ketones (excluding diaryl/α,β-unsaturated/α-hetero) is 2. The van der Waals surface area contributed by atoms with Crippen molar-refractivity contribution in [2.75, 3.05) is 19.8 Å². The number of carboxylic acids is 2. The fourth-order valence-electron chi connectivity index (χ4n) is 13.8. The predicted octanol–water partition coefficient (Wildman–Crippen LogP) is 17.2. The number of fused-ring (bicyclic) bond motifs is 4. The Labute approximate surface area is 618 Å². The van der Waals surface area contributed by atoms with Gasteiger partial charge in [-0.05, 0) is 182 Å². The number of aryl methyl sites for hydroxylation is 3. The van der Waals surface area contributed by atoms with Crippen LogP contribution >= 0.6 is 0 Å². The Balaban J connectivity index is 0.000000152. The number of amides is 1. The minimum Gasteiger partial charge on any atom is -0.491 e. The molecule has 0 spiro atoms. The van der Waals surface area contributed by atoms with Crippen molar-refractivity contribution in [2.24, 2.45) is 28.3 Å². The molecule has 16 nitrogen and oxygen atoms in total. The number of nitrogens with two attached hydrogens (primary N) is 2. The number of ketones is 2. The molecule has 0 saturated heterocycles. The van der Waals surface area contributed by atoms with Crippen LogP contribution in [0.1, 0.15) is 125 Å². The number of hydrogen-bond donors (Lipinski definition) is 5. The Bertz CT molecular complexity index is 4710. The first kappa shape index (κ1) is 77.5. The zero-order chi connectivity index (χ0) is 74.6. The van der Waals surface area contributed by atoms with Crippen molar-refractivity contribution in [1.29, 1.82) is 0 Å². The number of rotatable bonds is 31. The van der Waals surface area contributed by atoms with E-state index in [0.29, 0.717) is 81.9 Å². The second kappa shape index (κ2) is 39.7. The SMILES string of the molecule is CCCCn1c(CCC(=O)O)ccc1-c1ccc(F)cc1.NC(=O)Cc1[nH]c2ccccc2[n+]1C[C@H](N)COc1cccc2ccccc12.O=C(CCc1ccc(F)cc1)CCC1CCC(C(=O)CCCc2ccccc2)CC1.O=C(O)CC1C(OCCOc2cccc3ccccc23)=Nc2ccccc21. The summed E-state index contributed by atoms with van der Waals surface area (Å²) in [6.07, 6.45) is 12.3. The average molecular weight is 1430 g/mol. The third-order valence-corrected chi connectivity index (χ3v) is 19.3. The first-order valence-corrected chi connectivity index (χ1v) is 36.8. The Morgan fingerprint density at radius 2 is 1.22 bits per heavy atom. The smallest absolute Gasteiger partial charge is 0.304 e. The van der Waals surface area contributed by atoms with E-state index in [-0.39, 0.29) is 54.7 Å². The highest BCUT2D eigenvalue weighted by molar-refractivity contribution is 5.95. The number of aromatic amines is 1. The molecule has 106 heavy (non-hydrogen) atoms. The summed E-state index contributed by atoms with van der Waals surface area (Å²) in [7, 11) is 0. The number of H-pyrrole nitrogens is 1. The Kier molecular flexibility index (Phi) is 29.0. The van der Waals surface area contributed by atoms with Crippen molar-refractivity contribution in [3.8, 4) is 22.8 Å². The van der Waals surface area contributed by atoms with Crippen LogP contribution in [0.2, 0.25) is 0 Å². The molecule has 0 bridgehead atoms. The number of aliphatic carboxylic acids is 2. The highest BCUT2D eigenvalue weighted by Gasteiger charge is 2.31.